The summed E-state index contributed by atoms with van der Waals surface area (Å²) in [4.78, 5) is 38.5. The first-order valence-corrected chi connectivity index (χ1v) is 9.10. The average Bonchev–Trinajstić information content (AvgIpc) is 2.93. The molecular weight excluding hydrogens is 369 g/mol. The molecule has 0 spiro atoms. The van der Waals surface area contributed by atoms with Crippen LogP contribution in [0.25, 0.3) is 0 Å². The van der Waals surface area contributed by atoms with Crippen molar-refractivity contribution in [3.63, 3.8) is 0 Å². The van der Waals surface area contributed by atoms with Gasteiger partial charge in [0.25, 0.3) is 11.1 Å². The summed E-state index contributed by atoms with van der Waals surface area (Å²) in [6.45, 7) is -0.156. The molecule has 0 saturated carbocycles. The fraction of sp³-hybridized carbons (Fsp3) is 0.150. The van der Waals surface area contributed by atoms with Crippen LogP contribution >= 0.6 is 11.8 Å². The number of hydrogen-bond acceptors (Lipinski definition) is 5. The number of ketones is 1. The smallest absolute Gasteiger partial charge is 0.293 e. The average molecular weight is 383 g/mol. The van der Waals surface area contributed by atoms with Gasteiger partial charge in [-0.3, -0.25) is 19.3 Å². The minimum atomic E-state index is -0.553. The zero-order chi connectivity index (χ0) is 19.0. The van der Waals surface area contributed by atoms with Crippen molar-refractivity contribution in [2.24, 2.45) is 5.92 Å². The number of hydrogen-bond donors (Lipinski definition) is 0. The van der Waals surface area contributed by atoms with Gasteiger partial charge in [0, 0.05) is 5.56 Å². The van der Waals surface area contributed by atoms with Crippen LogP contribution in [0.2, 0.25) is 0 Å². The largest absolute Gasteiger partial charge is 0.492 e. The molecule has 0 aromatic heterocycles. The molecule has 27 heavy (non-hydrogen) atoms. The zero-order valence-corrected chi connectivity index (χ0v) is 14.8. The summed E-state index contributed by atoms with van der Waals surface area (Å²) in [5.41, 5.74) is 0.479. The molecule has 0 bridgehead atoms. The van der Waals surface area contributed by atoms with Gasteiger partial charge in [-0.15, -0.1) is 0 Å². The van der Waals surface area contributed by atoms with E-state index >= 15 is 0 Å². The van der Waals surface area contributed by atoms with Crippen LogP contribution in [0.4, 0.5) is 9.18 Å². The Morgan fingerprint density at radius 2 is 1.93 bits per heavy atom. The molecule has 0 N–H and O–H groups in total. The molecule has 1 fully saturated rings. The van der Waals surface area contributed by atoms with Crippen molar-refractivity contribution in [3.05, 3.63) is 82.8 Å². The summed E-state index contributed by atoms with van der Waals surface area (Å²) in [6, 6.07) is 5.97. The number of benzene rings is 1. The molecule has 1 aromatic rings. The molecule has 1 aliphatic carbocycles. The van der Waals surface area contributed by atoms with Crippen LogP contribution in [-0.4, -0.2) is 27.9 Å². The lowest BCUT2D eigenvalue weighted by Crippen LogP contribution is -2.32. The third kappa shape index (κ3) is 3.26. The van der Waals surface area contributed by atoms with Crippen LogP contribution in [0.15, 0.2) is 71.4 Å². The number of amides is 2. The molecule has 7 heteroatoms. The topological polar surface area (TPSA) is 63.7 Å². The molecule has 5 nitrogen and oxygen atoms in total. The van der Waals surface area contributed by atoms with E-state index in [2.05, 4.69) is 0 Å². The minimum absolute atomic E-state index is 0.119. The molecule has 136 valence electrons. The normalized spacial score (nSPS) is 25.7. The summed E-state index contributed by atoms with van der Waals surface area (Å²) in [5.74, 6) is -1.66. The number of fused-ring (bicyclic) bond motifs is 1. The van der Waals surface area contributed by atoms with E-state index < -0.39 is 22.9 Å². The molecule has 2 atom stereocenters. The first-order valence-electron chi connectivity index (χ1n) is 8.28. The Morgan fingerprint density at radius 3 is 2.74 bits per heavy atom. The molecule has 3 aliphatic rings. The van der Waals surface area contributed by atoms with Gasteiger partial charge in [-0.2, -0.15) is 0 Å². The summed E-state index contributed by atoms with van der Waals surface area (Å²) in [6.07, 6.45) is 9.45. The number of rotatable bonds is 3. The molecule has 2 aliphatic heterocycles. The van der Waals surface area contributed by atoms with Crippen LogP contribution in [0.1, 0.15) is 5.56 Å². The lowest BCUT2D eigenvalue weighted by molar-refractivity contribution is -0.123. The highest BCUT2D eigenvalue weighted by Gasteiger charge is 2.38. The second kappa shape index (κ2) is 7.00. The first kappa shape index (κ1) is 17.5. The number of carbonyl (C=O) groups is 3. The van der Waals surface area contributed by atoms with E-state index in [4.69, 9.17) is 4.74 Å². The van der Waals surface area contributed by atoms with Crippen LogP contribution < -0.4 is 0 Å². The quantitative estimate of drug-likeness (QED) is 0.748. The maximum Gasteiger partial charge on any atom is 0.293 e. The van der Waals surface area contributed by atoms with Crippen LogP contribution in [0.5, 0.6) is 0 Å². The van der Waals surface area contributed by atoms with Crippen molar-refractivity contribution in [3.8, 4) is 0 Å². The predicted octanol–water partition coefficient (Wildman–Crippen LogP) is 3.50. The Labute approximate surface area is 158 Å². The van der Waals surface area contributed by atoms with Crippen molar-refractivity contribution in [1.82, 2.24) is 4.90 Å². The van der Waals surface area contributed by atoms with Crippen molar-refractivity contribution < 1.29 is 23.5 Å². The summed E-state index contributed by atoms with van der Waals surface area (Å²) < 4.78 is 19.4. The van der Waals surface area contributed by atoms with Gasteiger partial charge in [0.1, 0.15) is 11.9 Å². The van der Waals surface area contributed by atoms with Gasteiger partial charge in [-0.25, -0.2) is 4.39 Å². The molecular formula is C20H14FNO4S. The number of Topliss-reactive ketones (excluding diaryl/α,β-unsaturated/α-hetero) is 1. The Morgan fingerprint density at radius 1 is 1.15 bits per heavy atom. The number of halogens is 1. The van der Waals surface area contributed by atoms with E-state index in [1.165, 1.54) is 30.5 Å². The minimum Gasteiger partial charge on any atom is -0.492 e. The summed E-state index contributed by atoms with van der Waals surface area (Å²) in [7, 11) is 0. The van der Waals surface area contributed by atoms with E-state index in [0.29, 0.717) is 0 Å². The van der Waals surface area contributed by atoms with Crippen molar-refractivity contribution >= 4 is 28.7 Å². The van der Waals surface area contributed by atoms with Gasteiger partial charge in [0.05, 0.1) is 29.2 Å². The fourth-order valence-corrected chi connectivity index (χ4v) is 3.86. The SMILES string of the molecule is O=C1C(C=C2SC(=O)N(Cc3ccccc3F)C2=O)=COC2C=CC=CC12. The number of imide groups is 1. The van der Waals surface area contributed by atoms with Crippen molar-refractivity contribution in [1.29, 1.82) is 0 Å². The van der Waals surface area contributed by atoms with E-state index in [1.807, 2.05) is 0 Å². The Balaban J connectivity index is 1.56. The van der Waals surface area contributed by atoms with Gasteiger partial charge in [-0.1, -0.05) is 36.4 Å². The van der Waals surface area contributed by atoms with Crippen LogP contribution in [-0.2, 0) is 20.9 Å². The first-order chi connectivity index (χ1) is 13.0. The molecule has 2 unspecified atom stereocenters. The second-order valence-corrected chi connectivity index (χ2v) is 7.19. The van der Waals surface area contributed by atoms with Crippen molar-refractivity contribution in [2.75, 3.05) is 0 Å². The van der Waals surface area contributed by atoms with E-state index in [0.717, 1.165) is 16.7 Å². The maximum atomic E-state index is 13.8. The number of carbonyl (C=O) groups excluding carboxylic acids is 3. The lowest BCUT2D eigenvalue weighted by atomic mass is 9.88. The van der Waals surface area contributed by atoms with E-state index in [9.17, 15) is 18.8 Å². The number of allylic oxidation sites excluding steroid dienone is 4. The van der Waals surface area contributed by atoms with Crippen LogP contribution in [0, 0.1) is 11.7 Å². The monoisotopic (exact) mass is 383 g/mol. The maximum absolute atomic E-state index is 13.8. The molecule has 1 saturated heterocycles. The molecule has 2 heterocycles. The lowest BCUT2D eigenvalue weighted by Gasteiger charge is -2.27. The fourth-order valence-electron chi connectivity index (χ4n) is 3.04. The summed E-state index contributed by atoms with van der Waals surface area (Å²) in [5, 5.41) is -0.502. The second-order valence-electron chi connectivity index (χ2n) is 6.19. The Hall–Kier alpha value is -2.93. The standard InChI is InChI=1S/C20H14FNO4S/c21-15-7-3-1-5-12(15)10-22-19(24)17(27-20(22)25)9-13-11-26-16-8-4-2-6-14(16)18(13)23/h1-9,11,14,16H,10H2. The van der Waals surface area contributed by atoms with E-state index in [-0.39, 0.29) is 34.5 Å². The number of thioether (sulfide) groups is 1. The Kier molecular flexibility index (Phi) is 4.53. The third-order valence-electron chi connectivity index (χ3n) is 4.47. The molecule has 1 aromatic carbocycles. The number of nitrogens with zero attached hydrogens (tertiary/aromatic N) is 1. The molecule has 0 radical (unpaired) electrons. The van der Waals surface area contributed by atoms with Crippen molar-refractivity contribution in [2.45, 2.75) is 12.6 Å². The summed E-state index contributed by atoms with van der Waals surface area (Å²) >= 11 is 0.727. The third-order valence-corrected chi connectivity index (χ3v) is 5.38. The van der Waals surface area contributed by atoms with Gasteiger partial charge in [0.15, 0.2) is 5.78 Å². The highest BCUT2D eigenvalue weighted by Crippen LogP contribution is 2.35. The van der Waals surface area contributed by atoms with Crippen LogP contribution in [0.3, 0.4) is 0 Å². The van der Waals surface area contributed by atoms with Gasteiger partial charge in [-0.05, 0) is 30.0 Å². The van der Waals surface area contributed by atoms with Gasteiger partial charge < -0.3 is 4.74 Å². The molecule has 4 rings (SSSR count). The number of ether oxygens (including phenoxy) is 1. The highest BCUT2D eigenvalue weighted by molar-refractivity contribution is 8.18. The predicted molar refractivity (Wildman–Crippen MR) is 97.8 cm³/mol. The Bertz CT molecular complexity index is 962. The molecule has 2 amide bonds. The van der Waals surface area contributed by atoms with E-state index in [1.54, 1.807) is 30.4 Å². The highest BCUT2D eigenvalue weighted by atomic mass is 32.2. The zero-order valence-electron chi connectivity index (χ0n) is 14.0. The van der Waals surface area contributed by atoms with Gasteiger partial charge in [0.2, 0.25) is 0 Å². The van der Waals surface area contributed by atoms with Gasteiger partial charge >= 0.3 is 0 Å².